The maximum atomic E-state index is 14.1. The Balaban J connectivity index is 1.55. The third-order valence-corrected chi connectivity index (χ3v) is 10.3. The minimum absolute atomic E-state index is 0.146. The molecule has 4 aromatic rings. The van der Waals surface area contributed by atoms with Crippen molar-refractivity contribution < 1.29 is 63.6 Å². The number of hydrogen-bond donors (Lipinski definition) is 14. The van der Waals surface area contributed by atoms with E-state index in [-0.39, 0.29) is 12.8 Å². The number of fused-ring (bicyclic) bond motifs is 2. The number of nitrogens with one attached hydrogen (secondary N) is 9. The minimum atomic E-state index is -1.84. The molecule has 350 valence electrons. The van der Waals surface area contributed by atoms with Crippen molar-refractivity contribution in [2.45, 2.75) is 101 Å². The highest BCUT2D eigenvalue weighted by atomic mass is 16.4. The number of nitrogens with two attached hydrogens (primary N) is 1. The van der Waals surface area contributed by atoms with Crippen LogP contribution >= 0.6 is 0 Å². The predicted octanol–water partition coefficient (Wildman–Crippen LogP) is -2.85. The number of para-hydroxylation sites is 2. The van der Waals surface area contributed by atoms with E-state index in [1.165, 1.54) is 27.7 Å². The first-order valence-electron chi connectivity index (χ1n) is 20.4. The number of amides is 7. The molecular weight excluding hydrogens is 853 g/mol. The van der Waals surface area contributed by atoms with E-state index in [0.717, 1.165) is 5.52 Å². The van der Waals surface area contributed by atoms with Gasteiger partial charge in [-0.25, -0.2) is 0 Å². The van der Waals surface area contributed by atoms with Crippen molar-refractivity contribution in [2.24, 2.45) is 5.73 Å². The first kappa shape index (κ1) is 50.3. The molecule has 65 heavy (non-hydrogen) atoms. The number of carboxylic acid groups (broad SMARTS) is 2. The Kier molecular flexibility index (Phi) is 17.7. The Labute approximate surface area is 371 Å². The highest BCUT2D eigenvalue weighted by molar-refractivity contribution is 5.99. The molecule has 0 aliphatic heterocycles. The van der Waals surface area contributed by atoms with Gasteiger partial charge in [0, 0.05) is 47.0 Å². The van der Waals surface area contributed by atoms with Gasteiger partial charge in [0.15, 0.2) is 0 Å². The lowest BCUT2D eigenvalue weighted by Crippen LogP contribution is -2.61. The van der Waals surface area contributed by atoms with Crippen LogP contribution in [0.3, 0.4) is 0 Å². The molecule has 0 spiro atoms. The number of aromatic nitrogens is 2. The third-order valence-electron chi connectivity index (χ3n) is 10.3. The van der Waals surface area contributed by atoms with E-state index >= 15 is 0 Å². The summed E-state index contributed by atoms with van der Waals surface area (Å²) in [5, 5.41) is 56.8. The molecular formula is C42H54N10O13. The number of benzene rings is 2. The molecule has 0 fully saturated rings. The fourth-order valence-electron chi connectivity index (χ4n) is 6.52. The third kappa shape index (κ3) is 13.8. The quantitative estimate of drug-likeness (QED) is 0.0356. The van der Waals surface area contributed by atoms with Gasteiger partial charge in [-0.2, -0.15) is 0 Å². The Bertz CT molecular complexity index is 2400. The zero-order chi connectivity index (χ0) is 48.1. The zero-order valence-corrected chi connectivity index (χ0v) is 35.8. The van der Waals surface area contributed by atoms with Gasteiger partial charge in [-0.15, -0.1) is 0 Å². The summed E-state index contributed by atoms with van der Waals surface area (Å²) < 4.78 is 0. The van der Waals surface area contributed by atoms with Crippen molar-refractivity contribution in [1.82, 2.24) is 47.2 Å². The van der Waals surface area contributed by atoms with Crippen molar-refractivity contribution in [3.05, 3.63) is 72.1 Å². The van der Waals surface area contributed by atoms with Crippen LogP contribution in [0.25, 0.3) is 21.8 Å². The monoisotopic (exact) mass is 906 g/mol. The van der Waals surface area contributed by atoms with Crippen LogP contribution in [0.2, 0.25) is 0 Å². The molecule has 9 unspecified atom stereocenters. The van der Waals surface area contributed by atoms with Gasteiger partial charge in [0.1, 0.15) is 48.3 Å². The number of aliphatic hydroxyl groups excluding tert-OH is 2. The average molecular weight is 907 g/mol. The molecule has 2 aromatic heterocycles. The van der Waals surface area contributed by atoms with Crippen molar-refractivity contribution in [3.63, 3.8) is 0 Å². The molecule has 23 nitrogen and oxygen atoms in total. The van der Waals surface area contributed by atoms with E-state index in [9.17, 15) is 63.6 Å². The molecule has 0 bridgehead atoms. The number of carboxylic acids is 2. The van der Waals surface area contributed by atoms with Crippen LogP contribution in [-0.2, 0) is 56.0 Å². The van der Waals surface area contributed by atoms with Crippen molar-refractivity contribution >= 4 is 75.1 Å². The topological polar surface area (TPSA) is 376 Å². The number of rotatable bonds is 23. The lowest BCUT2D eigenvalue weighted by molar-refractivity contribution is -0.142. The largest absolute Gasteiger partial charge is 0.481 e. The average Bonchev–Trinajstić information content (AvgIpc) is 3.87. The van der Waals surface area contributed by atoms with Gasteiger partial charge >= 0.3 is 11.9 Å². The van der Waals surface area contributed by atoms with Gasteiger partial charge < -0.3 is 73.3 Å². The second-order valence-corrected chi connectivity index (χ2v) is 15.4. The van der Waals surface area contributed by atoms with E-state index in [0.29, 0.717) is 27.4 Å². The molecule has 7 amide bonds. The van der Waals surface area contributed by atoms with Gasteiger partial charge in [-0.3, -0.25) is 43.2 Å². The molecule has 0 saturated carbocycles. The molecule has 2 heterocycles. The van der Waals surface area contributed by atoms with Gasteiger partial charge in [0.05, 0.1) is 19.1 Å². The summed E-state index contributed by atoms with van der Waals surface area (Å²) in [6.07, 6.45) is 0.522. The lowest BCUT2D eigenvalue weighted by Gasteiger charge is -2.26. The highest BCUT2D eigenvalue weighted by Gasteiger charge is 2.34. The van der Waals surface area contributed by atoms with Crippen molar-refractivity contribution in [3.8, 4) is 0 Å². The maximum Gasteiger partial charge on any atom is 0.325 e. The Morgan fingerprint density at radius 1 is 0.538 bits per heavy atom. The fraction of sp³-hybridized carbons (Fsp3) is 0.405. The Hall–Kier alpha value is -7.37. The molecule has 0 aliphatic carbocycles. The number of aliphatic carboxylic acids is 2. The van der Waals surface area contributed by atoms with Gasteiger partial charge in [-0.1, -0.05) is 36.4 Å². The number of carbonyl (C=O) groups is 9. The fourth-order valence-corrected chi connectivity index (χ4v) is 6.52. The predicted molar refractivity (Wildman–Crippen MR) is 231 cm³/mol. The normalized spacial score (nSPS) is 15.4. The van der Waals surface area contributed by atoms with E-state index < -0.39 is 121 Å². The van der Waals surface area contributed by atoms with Crippen molar-refractivity contribution in [1.29, 1.82) is 0 Å². The summed E-state index contributed by atoms with van der Waals surface area (Å²) in [6, 6.07) is 2.07. The molecule has 23 heteroatoms. The first-order chi connectivity index (χ1) is 30.7. The van der Waals surface area contributed by atoms with Crippen LogP contribution < -0.4 is 43.0 Å². The Morgan fingerprint density at radius 2 is 0.923 bits per heavy atom. The molecule has 0 radical (unpaired) electrons. The highest BCUT2D eigenvalue weighted by Crippen LogP contribution is 2.21. The van der Waals surface area contributed by atoms with E-state index in [1.54, 1.807) is 60.9 Å². The number of hydrogen-bond acceptors (Lipinski definition) is 12. The number of aromatic amines is 2. The summed E-state index contributed by atoms with van der Waals surface area (Å²) >= 11 is 0. The zero-order valence-electron chi connectivity index (χ0n) is 35.8. The number of aliphatic hydroxyl groups is 2. The summed E-state index contributed by atoms with van der Waals surface area (Å²) in [7, 11) is 0. The van der Waals surface area contributed by atoms with Gasteiger partial charge in [-0.05, 0) is 51.0 Å². The van der Waals surface area contributed by atoms with Crippen molar-refractivity contribution in [2.75, 3.05) is 6.61 Å². The number of H-pyrrole nitrogens is 2. The first-order valence-corrected chi connectivity index (χ1v) is 20.4. The lowest BCUT2D eigenvalue weighted by atomic mass is 10.0. The van der Waals surface area contributed by atoms with Crippen LogP contribution in [0.4, 0.5) is 0 Å². The molecule has 0 saturated heterocycles. The molecule has 15 N–H and O–H groups in total. The standard InChI is InChI=1S/C42H54N10O13/c1-19(47-41(63)34(43)22(4)54)35(57)46-20(2)36(58)49-31(15-33(55)56)39(61)50-30(14-24-17-45-28-12-8-6-10-26(24)28)38(60)52-32(18-53)40(62)51-29(37(59)48-21(3)42(64)65)13-23-16-44-27-11-7-5-9-25(23)27/h5-12,16-17,19-22,29-32,34,44-45,53-54H,13-15,18,43H2,1-4H3,(H,46,57)(H,47,63)(H,48,59)(H,49,58)(H,50,61)(H,51,62)(H,52,60)(H,55,56)(H,64,65). The summed E-state index contributed by atoms with van der Waals surface area (Å²) in [6.45, 7) is 3.97. The van der Waals surface area contributed by atoms with Crippen LogP contribution in [0.1, 0.15) is 45.2 Å². The number of carbonyl (C=O) groups excluding carboxylic acids is 7. The van der Waals surface area contributed by atoms with Gasteiger partial charge in [0.25, 0.3) is 0 Å². The second-order valence-electron chi connectivity index (χ2n) is 15.4. The molecule has 2 aromatic carbocycles. The van der Waals surface area contributed by atoms with Crippen LogP contribution in [-0.4, -0.2) is 145 Å². The van der Waals surface area contributed by atoms with E-state index in [2.05, 4.69) is 47.2 Å². The maximum absolute atomic E-state index is 14.1. The van der Waals surface area contributed by atoms with E-state index in [1.807, 2.05) is 0 Å². The summed E-state index contributed by atoms with van der Waals surface area (Å²) in [4.78, 5) is 123. The molecule has 4 rings (SSSR count). The van der Waals surface area contributed by atoms with Crippen LogP contribution in [0.15, 0.2) is 60.9 Å². The second kappa shape index (κ2) is 22.8. The summed E-state index contributed by atoms with van der Waals surface area (Å²) in [5.74, 6) is -9.80. The van der Waals surface area contributed by atoms with Crippen LogP contribution in [0.5, 0.6) is 0 Å². The smallest absolute Gasteiger partial charge is 0.325 e. The SMILES string of the molecule is CC(NC(=O)C(Cc1c[nH]c2ccccc12)NC(=O)C(CO)NC(=O)C(Cc1c[nH]c2ccccc12)NC(=O)C(CC(=O)O)NC(=O)C(C)NC(=O)C(C)NC(=O)C(N)C(C)O)C(=O)O. The molecule has 9 atom stereocenters. The minimum Gasteiger partial charge on any atom is -0.481 e. The Morgan fingerprint density at radius 3 is 1.38 bits per heavy atom. The van der Waals surface area contributed by atoms with Gasteiger partial charge in [0.2, 0.25) is 41.4 Å². The molecule has 0 aliphatic rings. The van der Waals surface area contributed by atoms with E-state index in [4.69, 9.17) is 5.73 Å². The summed E-state index contributed by atoms with van der Waals surface area (Å²) in [5.41, 5.74) is 8.03. The van der Waals surface area contributed by atoms with Crippen LogP contribution in [0, 0.1) is 0 Å².